The first-order chi connectivity index (χ1) is 25.6. The molecule has 244 valence electrons. The monoisotopic (exact) mass is 664 g/mol. The quantitative estimate of drug-likeness (QED) is 0.177. The van der Waals surface area contributed by atoms with Crippen molar-refractivity contribution in [1.82, 2.24) is 19.5 Å². The van der Waals surface area contributed by atoms with Crippen LogP contribution in [0.3, 0.4) is 0 Å². The number of nitrogens with zero attached hydrogens (tertiary/aromatic N) is 4. The fourth-order valence-electron chi connectivity index (χ4n) is 8.80. The molecule has 0 saturated heterocycles. The Balaban J connectivity index is 1.27. The molecule has 0 N–H and O–H groups in total. The summed E-state index contributed by atoms with van der Waals surface area (Å²) in [7, 11) is 0. The maximum Gasteiger partial charge on any atom is 0.238 e. The van der Waals surface area contributed by atoms with Crippen molar-refractivity contribution in [3.8, 4) is 39.9 Å². The fourth-order valence-corrected chi connectivity index (χ4v) is 8.80. The van der Waals surface area contributed by atoms with E-state index in [2.05, 4.69) is 158 Å². The number of fused-ring (bicyclic) bond motifs is 13. The van der Waals surface area contributed by atoms with Crippen LogP contribution in [0.4, 0.5) is 0 Å². The van der Waals surface area contributed by atoms with Gasteiger partial charge in [0.25, 0.3) is 0 Å². The Labute approximate surface area is 300 Å². The van der Waals surface area contributed by atoms with Gasteiger partial charge in [-0.25, -0.2) is 4.98 Å². The van der Waals surface area contributed by atoms with Gasteiger partial charge in [0.05, 0.1) is 11.0 Å². The van der Waals surface area contributed by atoms with Crippen molar-refractivity contribution in [2.45, 2.75) is 19.3 Å². The SMILES string of the molecule is CC1(C)c2ccccc2-c2ccc(-c3nc(-c4ccccc4)nc(-n4c5ccc6ccccc6c5c5c6ccccc6c6ccccc6c54)n3)cc21. The van der Waals surface area contributed by atoms with E-state index in [0.29, 0.717) is 17.6 Å². The van der Waals surface area contributed by atoms with Crippen molar-refractivity contribution >= 4 is 54.1 Å². The topological polar surface area (TPSA) is 43.6 Å². The molecule has 0 bridgehead atoms. The van der Waals surface area contributed by atoms with Gasteiger partial charge in [-0.1, -0.05) is 159 Å². The Morgan fingerprint density at radius 2 is 1.06 bits per heavy atom. The van der Waals surface area contributed by atoms with Crippen LogP contribution in [0.2, 0.25) is 0 Å². The molecule has 4 heteroatoms. The molecule has 1 aliphatic carbocycles. The van der Waals surface area contributed by atoms with Crippen molar-refractivity contribution in [3.05, 3.63) is 169 Å². The van der Waals surface area contributed by atoms with Gasteiger partial charge in [0.2, 0.25) is 5.95 Å². The minimum Gasteiger partial charge on any atom is -0.277 e. The van der Waals surface area contributed by atoms with Crippen LogP contribution in [-0.2, 0) is 5.41 Å². The molecule has 52 heavy (non-hydrogen) atoms. The maximum atomic E-state index is 5.40. The first-order valence-electron chi connectivity index (χ1n) is 17.9. The molecule has 1 aliphatic rings. The van der Waals surface area contributed by atoms with Gasteiger partial charge in [0, 0.05) is 32.7 Å². The Morgan fingerprint density at radius 3 is 1.87 bits per heavy atom. The first kappa shape index (κ1) is 29.1. The molecule has 2 heterocycles. The van der Waals surface area contributed by atoms with E-state index in [1.165, 1.54) is 60.0 Å². The second-order valence-corrected chi connectivity index (χ2v) is 14.4. The van der Waals surface area contributed by atoms with E-state index in [-0.39, 0.29) is 5.41 Å². The molecule has 0 radical (unpaired) electrons. The number of hydrogen-bond donors (Lipinski definition) is 0. The van der Waals surface area contributed by atoms with Crippen LogP contribution >= 0.6 is 0 Å². The summed E-state index contributed by atoms with van der Waals surface area (Å²) in [5, 5.41) is 9.65. The smallest absolute Gasteiger partial charge is 0.238 e. The number of rotatable bonds is 3. The predicted molar refractivity (Wildman–Crippen MR) is 215 cm³/mol. The van der Waals surface area contributed by atoms with Crippen LogP contribution in [-0.4, -0.2) is 19.5 Å². The van der Waals surface area contributed by atoms with Gasteiger partial charge < -0.3 is 0 Å². The molecule has 4 nitrogen and oxygen atoms in total. The molecule has 11 rings (SSSR count). The third-order valence-corrected chi connectivity index (χ3v) is 11.2. The van der Waals surface area contributed by atoms with E-state index >= 15 is 0 Å². The number of aromatic nitrogens is 4. The highest BCUT2D eigenvalue weighted by molar-refractivity contribution is 6.35. The molecule has 8 aromatic carbocycles. The summed E-state index contributed by atoms with van der Waals surface area (Å²) < 4.78 is 2.29. The lowest BCUT2D eigenvalue weighted by atomic mass is 9.82. The molecule has 0 fully saturated rings. The number of benzene rings is 8. The van der Waals surface area contributed by atoms with Crippen molar-refractivity contribution in [2.75, 3.05) is 0 Å². The summed E-state index contributed by atoms with van der Waals surface area (Å²) in [4.78, 5) is 15.9. The van der Waals surface area contributed by atoms with Crippen molar-refractivity contribution in [1.29, 1.82) is 0 Å². The molecular formula is C48H32N4. The van der Waals surface area contributed by atoms with Gasteiger partial charge in [0.1, 0.15) is 0 Å². The minimum absolute atomic E-state index is 0.145. The lowest BCUT2D eigenvalue weighted by Gasteiger charge is -2.21. The maximum absolute atomic E-state index is 5.40. The summed E-state index contributed by atoms with van der Waals surface area (Å²) in [5.74, 6) is 1.89. The van der Waals surface area contributed by atoms with Gasteiger partial charge >= 0.3 is 0 Å². The predicted octanol–water partition coefficient (Wildman–Crippen LogP) is 12.1. The zero-order chi connectivity index (χ0) is 34.6. The molecule has 0 spiro atoms. The first-order valence-corrected chi connectivity index (χ1v) is 17.9. The second-order valence-electron chi connectivity index (χ2n) is 14.4. The zero-order valence-electron chi connectivity index (χ0n) is 28.8. The summed E-state index contributed by atoms with van der Waals surface area (Å²) in [5.41, 5.74) is 9.15. The van der Waals surface area contributed by atoms with Crippen LogP contribution in [0.5, 0.6) is 0 Å². The Hall–Kier alpha value is -6.65. The largest absolute Gasteiger partial charge is 0.277 e. The van der Waals surface area contributed by atoms with Crippen LogP contribution in [0.15, 0.2) is 158 Å². The van der Waals surface area contributed by atoms with Gasteiger partial charge in [0.15, 0.2) is 11.6 Å². The third-order valence-electron chi connectivity index (χ3n) is 11.2. The van der Waals surface area contributed by atoms with E-state index in [9.17, 15) is 0 Å². The molecule has 0 aliphatic heterocycles. The lowest BCUT2D eigenvalue weighted by Crippen LogP contribution is -2.15. The summed E-state index contributed by atoms with van der Waals surface area (Å²) in [6.07, 6.45) is 0. The van der Waals surface area contributed by atoms with E-state index in [1.54, 1.807) is 0 Å². The van der Waals surface area contributed by atoms with Crippen molar-refractivity contribution in [3.63, 3.8) is 0 Å². The van der Waals surface area contributed by atoms with Crippen LogP contribution < -0.4 is 0 Å². The van der Waals surface area contributed by atoms with Crippen LogP contribution in [0.1, 0.15) is 25.0 Å². The molecule has 10 aromatic rings. The normalized spacial score (nSPS) is 13.3. The lowest BCUT2D eigenvalue weighted by molar-refractivity contribution is 0.660. The van der Waals surface area contributed by atoms with E-state index in [4.69, 9.17) is 15.0 Å². The molecule has 0 atom stereocenters. The van der Waals surface area contributed by atoms with Crippen LogP contribution in [0, 0.1) is 0 Å². The van der Waals surface area contributed by atoms with Gasteiger partial charge in [-0.3, -0.25) is 4.57 Å². The van der Waals surface area contributed by atoms with Gasteiger partial charge in [-0.05, 0) is 61.3 Å². The molecule has 0 amide bonds. The minimum atomic E-state index is -0.145. The van der Waals surface area contributed by atoms with Crippen molar-refractivity contribution in [2.24, 2.45) is 0 Å². The Bertz CT molecular complexity index is 3100. The summed E-state index contributed by atoms with van der Waals surface area (Å²) in [6.45, 7) is 4.63. The average molecular weight is 665 g/mol. The van der Waals surface area contributed by atoms with E-state index in [0.717, 1.165) is 27.5 Å². The zero-order valence-corrected chi connectivity index (χ0v) is 28.8. The molecular weight excluding hydrogens is 633 g/mol. The van der Waals surface area contributed by atoms with E-state index < -0.39 is 0 Å². The highest BCUT2D eigenvalue weighted by Crippen LogP contribution is 2.50. The average Bonchev–Trinajstić information content (AvgIpc) is 3.68. The van der Waals surface area contributed by atoms with Gasteiger partial charge in [-0.15, -0.1) is 0 Å². The third kappa shape index (κ3) is 4.00. The Morgan fingerprint density at radius 1 is 0.442 bits per heavy atom. The van der Waals surface area contributed by atoms with Crippen molar-refractivity contribution < 1.29 is 0 Å². The molecule has 2 aromatic heterocycles. The molecule has 0 unspecified atom stereocenters. The van der Waals surface area contributed by atoms with Gasteiger partial charge in [-0.2, -0.15) is 9.97 Å². The Kier molecular flexibility index (Phi) is 5.98. The van der Waals surface area contributed by atoms with Crippen LogP contribution in [0.25, 0.3) is 94.0 Å². The van der Waals surface area contributed by atoms with E-state index in [1.807, 2.05) is 18.2 Å². The second kappa shape index (κ2) is 10.7. The highest BCUT2D eigenvalue weighted by atomic mass is 15.2. The molecule has 0 saturated carbocycles. The standard InChI is InChI=1S/C48H32N4/c1-48(2)39-23-13-12-20-35(39)36-26-24-31(28-40(36)48)46-49-45(30-15-4-3-5-16-30)50-47(51-46)52-41-27-25-29-14-6-7-17-32(29)42(41)43-37-21-10-8-18-33(37)34-19-9-11-22-38(34)44(43)52/h3-28H,1-2H3. The fraction of sp³-hybridized carbons (Fsp3) is 0.0625. The summed E-state index contributed by atoms with van der Waals surface area (Å²) >= 11 is 0. The summed E-state index contributed by atoms with van der Waals surface area (Å²) in [6, 6.07) is 56.4. The highest BCUT2D eigenvalue weighted by Gasteiger charge is 2.35. The number of hydrogen-bond acceptors (Lipinski definition) is 3.